The van der Waals surface area contributed by atoms with Gasteiger partial charge < -0.3 is 19.4 Å². The highest BCUT2D eigenvalue weighted by Crippen LogP contribution is 2.53. The standard InChI is InChI=1S/C24H28N2O2/c1-24(28)20(14-16-27)22(17-9-5-4-6-10-17)23-19(13-15-25(2)3)18-11-7-8-12-21(18)26(23)24/h4-12,16,20,22,28H,13-15H2,1-3H3. The van der Waals surface area contributed by atoms with E-state index >= 15 is 0 Å². The van der Waals surface area contributed by atoms with Gasteiger partial charge in [0, 0.05) is 35.9 Å². The molecule has 4 nitrogen and oxygen atoms in total. The lowest BCUT2D eigenvalue weighted by molar-refractivity contribution is -0.113. The molecule has 3 atom stereocenters. The van der Waals surface area contributed by atoms with Gasteiger partial charge in [-0.2, -0.15) is 0 Å². The zero-order valence-corrected chi connectivity index (χ0v) is 16.8. The third-order valence-electron chi connectivity index (χ3n) is 6.19. The Morgan fingerprint density at radius 1 is 1.11 bits per heavy atom. The van der Waals surface area contributed by atoms with Gasteiger partial charge in [-0.15, -0.1) is 0 Å². The van der Waals surface area contributed by atoms with Crippen LogP contribution in [0.5, 0.6) is 0 Å². The first-order valence-corrected chi connectivity index (χ1v) is 9.95. The summed E-state index contributed by atoms with van der Waals surface area (Å²) >= 11 is 0. The zero-order chi connectivity index (χ0) is 19.9. The molecule has 0 fully saturated rings. The summed E-state index contributed by atoms with van der Waals surface area (Å²) in [6.45, 7) is 2.79. The number of aliphatic hydroxyl groups is 1. The molecule has 3 aromatic rings. The lowest BCUT2D eigenvalue weighted by Crippen LogP contribution is -2.34. The molecular formula is C24H28N2O2. The van der Waals surface area contributed by atoms with Crippen LogP contribution in [0, 0.1) is 5.92 Å². The van der Waals surface area contributed by atoms with Crippen LogP contribution >= 0.6 is 0 Å². The van der Waals surface area contributed by atoms with Gasteiger partial charge in [0.1, 0.15) is 12.0 Å². The van der Waals surface area contributed by atoms with E-state index in [0.29, 0.717) is 6.42 Å². The van der Waals surface area contributed by atoms with Crippen LogP contribution in [-0.2, 0) is 16.9 Å². The van der Waals surface area contributed by atoms with E-state index < -0.39 is 5.72 Å². The molecule has 2 aromatic carbocycles. The number of aromatic nitrogens is 1. The molecule has 0 bridgehead atoms. The molecule has 1 aromatic heterocycles. The van der Waals surface area contributed by atoms with Gasteiger partial charge in [-0.05, 0) is 44.6 Å². The molecule has 0 saturated carbocycles. The van der Waals surface area contributed by atoms with Gasteiger partial charge in [0.05, 0.1) is 5.52 Å². The molecule has 28 heavy (non-hydrogen) atoms. The molecule has 1 aliphatic rings. The Labute approximate surface area is 166 Å². The summed E-state index contributed by atoms with van der Waals surface area (Å²) in [6.07, 6.45) is 2.18. The van der Waals surface area contributed by atoms with Gasteiger partial charge in [0.25, 0.3) is 0 Å². The second-order valence-corrected chi connectivity index (χ2v) is 8.26. The quantitative estimate of drug-likeness (QED) is 0.666. The van der Waals surface area contributed by atoms with Gasteiger partial charge in [-0.25, -0.2) is 0 Å². The Morgan fingerprint density at radius 2 is 1.79 bits per heavy atom. The van der Waals surface area contributed by atoms with Crippen LogP contribution in [0.25, 0.3) is 10.9 Å². The lowest BCUT2D eigenvalue weighted by Gasteiger charge is -2.30. The number of likely N-dealkylation sites (N-methyl/N-ethyl adjacent to an activating group) is 1. The maximum atomic E-state index is 11.7. The molecule has 0 radical (unpaired) electrons. The van der Waals surface area contributed by atoms with Crippen LogP contribution in [0.15, 0.2) is 54.6 Å². The topological polar surface area (TPSA) is 45.5 Å². The van der Waals surface area contributed by atoms with Gasteiger partial charge in [0.15, 0.2) is 0 Å². The first kappa shape index (κ1) is 18.9. The van der Waals surface area contributed by atoms with E-state index in [0.717, 1.165) is 36.0 Å². The zero-order valence-electron chi connectivity index (χ0n) is 16.8. The number of hydrogen-bond donors (Lipinski definition) is 1. The minimum atomic E-state index is -1.12. The van der Waals surface area contributed by atoms with Crippen LogP contribution in [-0.4, -0.2) is 41.5 Å². The largest absolute Gasteiger partial charge is 0.370 e. The average Bonchev–Trinajstić information content (AvgIpc) is 3.12. The summed E-state index contributed by atoms with van der Waals surface area (Å²) in [5.74, 6) is -0.198. The first-order valence-electron chi connectivity index (χ1n) is 9.95. The predicted octanol–water partition coefficient (Wildman–Crippen LogP) is 3.76. The van der Waals surface area contributed by atoms with Crippen molar-refractivity contribution in [1.82, 2.24) is 9.47 Å². The van der Waals surface area contributed by atoms with Crippen molar-refractivity contribution in [2.75, 3.05) is 20.6 Å². The van der Waals surface area contributed by atoms with Crippen LogP contribution in [0.1, 0.15) is 36.1 Å². The molecule has 0 spiro atoms. The molecule has 2 heterocycles. The molecule has 1 aliphatic heterocycles. The summed E-state index contributed by atoms with van der Waals surface area (Å²) in [7, 11) is 4.16. The van der Waals surface area contributed by atoms with E-state index in [4.69, 9.17) is 0 Å². The smallest absolute Gasteiger partial charge is 0.143 e. The van der Waals surface area contributed by atoms with Crippen LogP contribution < -0.4 is 0 Å². The number of rotatable bonds is 6. The minimum absolute atomic E-state index is 0.00837. The lowest BCUT2D eigenvalue weighted by atomic mass is 9.78. The summed E-state index contributed by atoms with van der Waals surface area (Å²) in [5, 5.41) is 12.9. The highest BCUT2D eigenvalue weighted by atomic mass is 16.3. The predicted molar refractivity (Wildman–Crippen MR) is 113 cm³/mol. The fourth-order valence-corrected chi connectivity index (χ4v) is 4.92. The SMILES string of the molecule is CN(C)CCc1c2n(c3ccccc13)C(C)(O)C(CC=O)C2c1ccccc1. The Hall–Kier alpha value is -2.43. The fraction of sp³-hybridized carbons (Fsp3) is 0.375. The van der Waals surface area contributed by atoms with Crippen molar-refractivity contribution in [2.45, 2.75) is 31.4 Å². The van der Waals surface area contributed by atoms with Crippen molar-refractivity contribution >= 4 is 17.2 Å². The Morgan fingerprint density at radius 3 is 2.46 bits per heavy atom. The van der Waals surface area contributed by atoms with E-state index in [9.17, 15) is 9.90 Å². The number of para-hydroxylation sites is 1. The maximum Gasteiger partial charge on any atom is 0.143 e. The monoisotopic (exact) mass is 376 g/mol. The number of fused-ring (bicyclic) bond motifs is 3. The fourth-order valence-electron chi connectivity index (χ4n) is 4.92. The van der Waals surface area contributed by atoms with Crippen molar-refractivity contribution in [3.63, 3.8) is 0 Å². The number of aldehydes is 1. The van der Waals surface area contributed by atoms with Crippen molar-refractivity contribution in [3.8, 4) is 0 Å². The second-order valence-electron chi connectivity index (χ2n) is 8.26. The highest BCUT2D eigenvalue weighted by molar-refractivity contribution is 5.87. The van der Waals surface area contributed by atoms with E-state index in [1.54, 1.807) is 0 Å². The minimum Gasteiger partial charge on any atom is -0.370 e. The molecule has 1 N–H and O–H groups in total. The van der Waals surface area contributed by atoms with E-state index in [1.165, 1.54) is 10.9 Å². The highest BCUT2D eigenvalue weighted by Gasteiger charge is 2.50. The number of carbonyl (C=O) groups is 1. The Bertz CT molecular complexity index is 989. The van der Waals surface area contributed by atoms with Crippen molar-refractivity contribution in [1.29, 1.82) is 0 Å². The third-order valence-corrected chi connectivity index (χ3v) is 6.19. The van der Waals surface area contributed by atoms with Crippen molar-refractivity contribution in [3.05, 3.63) is 71.4 Å². The Balaban J connectivity index is 2.01. The Kier molecular flexibility index (Phi) is 4.86. The molecule has 3 unspecified atom stereocenters. The third kappa shape index (κ3) is 2.88. The van der Waals surface area contributed by atoms with Gasteiger partial charge in [0.2, 0.25) is 0 Å². The van der Waals surface area contributed by atoms with Crippen molar-refractivity contribution in [2.24, 2.45) is 5.92 Å². The van der Waals surface area contributed by atoms with Crippen LogP contribution in [0.4, 0.5) is 0 Å². The second kappa shape index (κ2) is 7.19. The van der Waals surface area contributed by atoms with Gasteiger partial charge in [-0.3, -0.25) is 0 Å². The normalized spacial score (nSPS) is 24.0. The molecule has 0 amide bonds. The molecule has 4 rings (SSSR count). The summed E-state index contributed by atoms with van der Waals surface area (Å²) < 4.78 is 2.10. The molecule has 0 aliphatic carbocycles. The summed E-state index contributed by atoms with van der Waals surface area (Å²) in [6, 6.07) is 18.6. The summed E-state index contributed by atoms with van der Waals surface area (Å²) in [4.78, 5) is 13.7. The van der Waals surface area contributed by atoms with Crippen molar-refractivity contribution < 1.29 is 9.90 Å². The molecular weight excluding hydrogens is 348 g/mol. The molecule has 4 heteroatoms. The summed E-state index contributed by atoms with van der Waals surface area (Å²) in [5.41, 5.74) is 3.53. The van der Waals surface area contributed by atoms with Gasteiger partial charge >= 0.3 is 0 Å². The number of nitrogens with zero attached hydrogens (tertiary/aromatic N) is 2. The number of benzene rings is 2. The molecule has 0 saturated heterocycles. The van der Waals surface area contributed by atoms with Gasteiger partial charge in [-0.1, -0.05) is 48.5 Å². The van der Waals surface area contributed by atoms with E-state index in [2.05, 4.69) is 53.9 Å². The number of hydrogen-bond acceptors (Lipinski definition) is 3. The first-order chi connectivity index (χ1) is 13.5. The van der Waals surface area contributed by atoms with E-state index in [-0.39, 0.29) is 11.8 Å². The average molecular weight is 377 g/mol. The van der Waals surface area contributed by atoms with Crippen LogP contribution in [0.2, 0.25) is 0 Å². The van der Waals surface area contributed by atoms with Crippen LogP contribution in [0.3, 0.4) is 0 Å². The number of carbonyl (C=O) groups excluding carboxylic acids is 1. The van der Waals surface area contributed by atoms with E-state index in [1.807, 2.05) is 31.2 Å². The maximum absolute atomic E-state index is 11.7. The molecule has 146 valence electrons.